The summed E-state index contributed by atoms with van der Waals surface area (Å²) in [6.07, 6.45) is -2.54. The summed E-state index contributed by atoms with van der Waals surface area (Å²) < 4.78 is 29.7. The highest BCUT2D eigenvalue weighted by Gasteiger charge is 2.14. The predicted octanol–water partition coefficient (Wildman–Crippen LogP) is 3.56. The molecule has 1 aromatic carbocycles. The first kappa shape index (κ1) is 12.1. The zero-order valence-electron chi connectivity index (χ0n) is 7.97. The molecule has 0 radical (unpaired) electrons. The largest absolute Gasteiger partial charge is 0.462 e. The molecule has 82 valence electrons. The Morgan fingerprint density at radius 1 is 1.53 bits per heavy atom. The summed E-state index contributed by atoms with van der Waals surface area (Å²) in [5.41, 5.74) is 0.121. The van der Waals surface area contributed by atoms with Crippen LogP contribution in [-0.4, -0.2) is 12.6 Å². The Labute approximate surface area is 94.4 Å². The van der Waals surface area contributed by atoms with Gasteiger partial charge < -0.3 is 4.74 Å². The maximum atomic E-state index is 12.3. The molecular formula is C10H9BrF2O2. The highest BCUT2D eigenvalue weighted by Crippen LogP contribution is 2.25. The number of hydrogen-bond acceptors (Lipinski definition) is 2. The molecule has 0 unspecified atom stereocenters. The third kappa shape index (κ3) is 2.99. The molecule has 15 heavy (non-hydrogen) atoms. The summed E-state index contributed by atoms with van der Waals surface area (Å²) in [5.74, 6) is -0.523. The Morgan fingerprint density at radius 2 is 2.20 bits per heavy atom. The number of esters is 1. The minimum atomic E-state index is -2.54. The second-order valence-electron chi connectivity index (χ2n) is 2.76. The van der Waals surface area contributed by atoms with Gasteiger partial charge in [-0.1, -0.05) is 6.07 Å². The van der Waals surface area contributed by atoms with Gasteiger partial charge in [0.25, 0.3) is 6.43 Å². The normalized spacial score (nSPS) is 10.5. The fourth-order valence-electron chi connectivity index (χ4n) is 1.04. The molecule has 1 aromatic rings. The monoisotopic (exact) mass is 278 g/mol. The van der Waals surface area contributed by atoms with E-state index < -0.39 is 12.4 Å². The fourth-order valence-corrected chi connectivity index (χ4v) is 1.60. The van der Waals surface area contributed by atoms with Crippen molar-refractivity contribution in [3.05, 3.63) is 33.8 Å². The van der Waals surface area contributed by atoms with Crippen LogP contribution in [0.2, 0.25) is 0 Å². The number of ether oxygens (including phenoxy) is 1. The van der Waals surface area contributed by atoms with Gasteiger partial charge in [0.15, 0.2) is 0 Å². The van der Waals surface area contributed by atoms with Crippen LogP contribution in [0.4, 0.5) is 8.78 Å². The molecule has 5 heteroatoms. The molecule has 0 aliphatic heterocycles. The van der Waals surface area contributed by atoms with Crippen molar-refractivity contribution in [2.45, 2.75) is 13.3 Å². The fraction of sp³-hybridized carbons (Fsp3) is 0.300. The van der Waals surface area contributed by atoms with E-state index in [0.717, 1.165) is 0 Å². The molecule has 1 rings (SSSR count). The molecule has 0 atom stereocenters. The molecule has 0 fully saturated rings. The molecular weight excluding hydrogens is 270 g/mol. The van der Waals surface area contributed by atoms with Gasteiger partial charge >= 0.3 is 5.97 Å². The minimum Gasteiger partial charge on any atom is -0.462 e. The van der Waals surface area contributed by atoms with Gasteiger partial charge in [-0.15, -0.1) is 0 Å². The van der Waals surface area contributed by atoms with Crippen molar-refractivity contribution in [3.8, 4) is 0 Å². The van der Waals surface area contributed by atoms with Crippen LogP contribution >= 0.6 is 15.9 Å². The molecule has 2 nitrogen and oxygen atoms in total. The molecule has 0 saturated carbocycles. The van der Waals surface area contributed by atoms with Gasteiger partial charge in [-0.3, -0.25) is 0 Å². The molecule has 0 bridgehead atoms. The average molecular weight is 279 g/mol. The van der Waals surface area contributed by atoms with Crippen LogP contribution in [0, 0.1) is 0 Å². The zero-order chi connectivity index (χ0) is 11.4. The predicted molar refractivity (Wildman–Crippen MR) is 55.1 cm³/mol. The minimum absolute atomic E-state index is 0.130. The van der Waals surface area contributed by atoms with E-state index in [2.05, 4.69) is 15.9 Å². The Hall–Kier alpha value is -0.970. The summed E-state index contributed by atoms with van der Waals surface area (Å²) in [4.78, 5) is 11.3. The summed E-state index contributed by atoms with van der Waals surface area (Å²) in [7, 11) is 0. The Morgan fingerprint density at radius 3 is 2.67 bits per heavy atom. The third-order valence-electron chi connectivity index (χ3n) is 1.74. The highest BCUT2D eigenvalue weighted by molar-refractivity contribution is 9.10. The molecule has 0 aliphatic rings. The second-order valence-corrected chi connectivity index (χ2v) is 3.61. The topological polar surface area (TPSA) is 26.3 Å². The zero-order valence-corrected chi connectivity index (χ0v) is 9.55. The SMILES string of the molecule is CCOC(=O)c1ccc(C(F)F)cc1Br. The summed E-state index contributed by atoms with van der Waals surface area (Å²) in [6.45, 7) is 1.93. The number of hydrogen-bond donors (Lipinski definition) is 0. The van der Waals surface area contributed by atoms with Crippen LogP contribution in [-0.2, 0) is 4.74 Å². The van der Waals surface area contributed by atoms with E-state index in [9.17, 15) is 13.6 Å². The van der Waals surface area contributed by atoms with E-state index in [4.69, 9.17) is 4.74 Å². The van der Waals surface area contributed by atoms with Gasteiger partial charge in [0.05, 0.1) is 12.2 Å². The lowest BCUT2D eigenvalue weighted by Gasteiger charge is -2.06. The lowest BCUT2D eigenvalue weighted by molar-refractivity contribution is 0.0525. The van der Waals surface area contributed by atoms with Crippen LogP contribution in [0.15, 0.2) is 22.7 Å². The second kappa shape index (κ2) is 5.21. The first-order valence-electron chi connectivity index (χ1n) is 4.31. The molecule has 0 spiro atoms. The van der Waals surface area contributed by atoms with Crippen molar-refractivity contribution in [1.82, 2.24) is 0 Å². The molecule has 0 aliphatic carbocycles. The van der Waals surface area contributed by atoms with E-state index in [-0.39, 0.29) is 17.7 Å². The standard InChI is InChI=1S/C10H9BrF2O2/c1-2-15-10(14)7-4-3-6(9(12)13)5-8(7)11/h3-5,9H,2H2,1H3. The first-order chi connectivity index (χ1) is 7.06. The highest BCUT2D eigenvalue weighted by atomic mass is 79.9. The number of alkyl halides is 2. The quantitative estimate of drug-likeness (QED) is 0.791. The Balaban J connectivity index is 2.98. The van der Waals surface area contributed by atoms with E-state index in [0.29, 0.717) is 4.47 Å². The lowest BCUT2D eigenvalue weighted by atomic mass is 10.1. The van der Waals surface area contributed by atoms with Crippen LogP contribution in [0.5, 0.6) is 0 Å². The van der Waals surface area contributed by atoms with E-state index >= 15 is 0 Å². The van der Waals surface area contributed by atoms with Gasteiger partial charge in [-0.25, -0.2) is 13.6 Å². The van der Waals surface area contributed by atoms with Crippen LogP contribution in [0.1, 0.15) is 29.3 Å². The maximum absolute atomic E-state index is 12.3. The molecule has 0 amide bonds. The number of halogens is 3. The average Bonchev–Trinajstić information content (AvgIpc) is 2.17. The molecule has 0 N–H and O–H groups in total. The number of benzene rings is 1. The Kier molecular flexibility index (Phi) is 4.20. The molecule has 0 heterocycles. The van der Waals surface area contributed by atoms with Gasteiger partial charge in [-0.2, -0.15) is 0 Å². The summed E-state index contributed by atoms with van der Waals surface area (Å²) in [6, 6.07) is 3.75. The maximum Gasteiger partial charge on any atom is 0.339 e. The first-order valence-corrected chi connectivity index (χ1v) is 5.10. The van der Waals surface area contributed by atoms with Crippen molar-refractivity contribution < 1.29 is 18.3 Å². The number of carbonyl (C=O) groups is 1. The van der Waals surface area contributed by atoms with Gasteiger partial charge in [0.2, 0.25) is 0 Å². The van der Waals surface area contributed by atoms with Gasteiger partial charge in [-0.05, 0) is 35.0 Å². The molecule has 0 saturated heterocycles. The van der Waals surface area contributed by atoms with Crippen molar-refractivity contribution in [2.75, 3.05) is 6.61 Å². The number of carbonyl (C=O) groups excluding carboxylic acids is 1. The van der Waals surface area contributed by atoms with E-state index in [1.165, 1.54) is 18.2 Å². The van der Waals surface area contributed by atoms with Crippen LogP contribution < -0.4 is 0 Å². The van der Waals surface area contributed by atoms with E-state index in [1.54, 1.807) is 6.92 Å². The van der Waals surface area contributed by atoms with Crippen molar-refractivity contribution in [2.24, 2.45) is 0 Å². The van der Waals surface area contributed by atoms with Crippen molar-refractivity contribution in [3.63, 3.8) is 0 Å². The third-order valence-corrected chi connectivity index (χ3v) is 2.40. The molecule has 0 aromatic heterocycles. The lowest BCUT2D eigenvalue weighted by Crippen LogP contribution is -2.05. The van der Waals surface area contributed by atoms with Gasteiger partial charge in [0.1, 0.15) is 0 Å². The van der Waals surface area contributed by atoms with Crippen LogP contribution in [0.3, 0.4) is 0 Å². The van der Waals surface area contributed by atoms with E-state index in [1.807, 2.05) is 0 Å². The van der Waals surface area contributed by atoms with Crippen LogP contribution in [0.25, 0.3) is 0 Å². The summed E-state index contributed by atoms with van der Waals surface area (Å²) in [5, 5.41) is 0. The summed E-state index contributed by atoms with van der Waals surface area (Å²) >= 11 is 3.05. The smallest absolute Gasteiger partial charge is 0.339 e. The van der Waals surface area contributed by atoms with Gasteiger partial charge in [0, 0.05) is 10.0 Å². The van der Waals surface area contributed by atoms with Crippen molar-refractivity contribution in [1.29, 1.82) is 0 Å². The van der Waals surface area contributed by atoms with Crippen molar-refractivity contribution >= 4 is 21.9 Å². The number of rotatable bonds is 3. The Bertz CT molecular complexity index is 366.